The van der Waals surface area contributed by atoms with Gasteiger partial charge in [0.05, 0.1) is 8.07 Å². The van der Waals surface area contributed by atoms with Gasteiger partial charge in [-0.15, -0.1) is 0 Å². The summed E-state index contributed by atoms with van der Waals surface area (Å²) >= 11 is 0. The molecule has 0 atom stereocenters. The molecule has 0 amide bonds. The van der Waals surface area contributed by atoms with Gasteiger partial charge in [-0.1, -0.05) is 46.7 Å². The van der Waals surface area contributed by atoms with Crippen molar-refractivity contribution in [1.82, 2.24) is 10.6 Å². The van der Waals surface area contributed by atoms with Gasteiger partial charge < -0.3 is 10.6 Å². The van der Waals surface area contributed by atoms with Crippen LogP contribution in [-0.2, 0) is 0 Å². The SMILES string of the molecule is CCCC(C)(C)[Si](C)(C)C1NCCCN1. The molecule has 90 valence electrons. The van der Waals surface area contributed by atoms with Crippen molar-refractivity contribution in [3.8, 4) is 0 Å². The summed E-state index contributed by atoms with van der Waals surface area (Å²) in [5.41, 5.74) is 0. The van der Waals surface area contributed by atoms with Crippen molar-refractivity contribution in [3.63, 3.8) is 0 Å². The fraction of sp³-hybridized carbons (Fsp3) is 1.00. The lowest BCUT2D eigenvalue weighted by atomic mass is 10.1. The highest BCUT2D eigenvalue weighted by Crippen LogP contribution is 2.42. The summed E-state index contributed by atoms with van der Waals surface area (Å²) in [6, 6.07) is 0. The molecule has 1 fully saturated rings. The zero-order chi connectivity index (χ0) is 11.5. The van der Waals surface area contributed by atoms with Crippen LogP contribution in [0.3, 0.4) is 0 Å². The minimum Gasteiger partial charge on any atom is -0.305 e. The van der Waals surface area contributed by atoms with Gasteiger partial charge in [0.25, 0.3) is 0 Å². The monoisotopic (exact) mass is 228 g/mol. The molecule has 0 spiro atoms. The minimum absolute atomic E-state index is 0.518. The van der Waals surface area contributed by atoms with Crippen molar-refractivity contribution in [2.45, 2.75) is 64.0 Å². The molecule has 0 aromatic rings. The number of hydrogen-bond donors (Lipinski definition) is 2. The molecule has 1 aliphatic rings. The van der Waals surface area contributed by atoms with Gasteiger partial charge in [-0.25, -0.2) is 0 Å². The van der Waals surface area contributed by atoms with Crippen molar-refractivity contribution >= 4 is 8.07 Å². The van der Waals surface area contributed by atoms with Crippen molar-refractivity contribution < 1.29 is 0 Å². The van der Waals surface area contributed by atoms with Crippen LogP contribution in [0.15, 0.2) is 0 Å². The Labute approximate surface area is 96.2 Å². The van der Waals surface area contributed by atoms with Crippen molar-refractivity contribution in [2.75, 3.05) is 13.1 Å². The molecule has 0 saturated carbocycles. The minimum atomic E-state index is -1.27. The molecule has 0 aromatic carbocycles. The van der Waals surface area contributed by atoms with Gasteiger partial charge in [-0.3, -0.25) is 0 Å². The lowest BCUT2D eigenvalue weighted by Crippen LogP contribution is -2.66. The van der Waals surface area contributed by atoms with Gasteiger partial charge in [0, 0.05) is 5.79 Å². The average Bonchev–Trinajstić information content (AvgIpc) is 2.19. The fourth-order valence-electron chi connectivity index (χ4n) is 2.50. The molecule has 2 N–H and O–H groups in total. The van der Waals surface area contributed by atoms with E-state index < -0.39 is 8.07 Å². The van der Waals surface area contributed by atoms with Crippen LogP contribution in [0.5, 0.6) is 0 Å². The van der Waals surface area contributed by atoms with E-state index in [1.165, 1.54) is 32.4 Å². The molecule has 0 bridgehead atoms. The van der Waals surface area contributed by atoms with E-state index in [4.69, 9.17) is 0 Å². The Hall–Kier alpha value is 0.137. The topological polar surface area (TPSA) is 24.1 Å². The maximum atomic E-state index is 3.67. The first kappa shape index (κ1) is 13.2. The van der Waals surface area contributed by atoms with E-state index in [9.17, 15) is 0 Å². The van der Waals surface area contributed by atoms with Gasteiger partial charge in [-0.05, 0) is 24.5 Å². The Bertz CT molecular complexity index is 196. The Morgan fingerprint density at radius 1 is 1.20 bits per heavy atom. The Morgan fingerprint density at radius 2 is 1.73 bits per heavy atom. The Morgan fingerprint density at radius 3 is 2.20 bits per heavy atom. The van der Waals surface area contributed by atoms with E-state index in [2.05, 4.69) is 44.5 Å². The molecule has 1 aliphatic heterocycles. The van der Waals surface area contributed by atoms with Gasteiger partial charge in [-0.2, -0.15) is 0 Å². The molecule has 2 nitrogen and oxygen atoms in total. The van der Waals surface area contributed by atoms with Crippen LogP contribution in [0.4, 0.5) is 0 Å². The van der Waals surface area contributed by atoms with E-state index in [1.807, 2.05) is 0 Å². The van der Waals surface area contributed by atoms with Crippen molar-refractivity contribution in [2.24, 2.45) is 0 Å². The van der Waals surface area contributed by atoms with E-state index >= 15 is 0 Å². The summed E-state index contributed by atoms with van der Waals surface area (Å²) in [4.78, 5) is 0. The number of hydrogen-bond acceptors (Lipinski definition) is 2. The molecular formula is C12H28N2Si. The molecule has 0 aliphatic carbocycles. The predicted octanol–water partition coefficient (Wildman–Crippen LogP) is 2.72. The van der Waals surface area contributed by atoms with E-state index in [0.717, 1.165) is 0 Å². The zero-order valence-electron chi connectivity index (χ0n) is 11.1. The van der Waals surface area contributed by atoms with Crippen molar-refractivity contribution in [1.29, 1.82) is 0 Å². The smallest absolute Gasteiger partial charge is 0.0901 e. The molecular weight excluding hydrogens is 200 g/mol. The predicted molar refractivity (Wildman–Crippen MR) is 70.8 cm³/mol. The third-order valence-corrected chi connectivity index (χ3v) is 9.98. The Kier molecular flexibility index (Phi) is 4.38. The summed E-state index contributed by atoms with van der Waals surface area (Å²) in [5, 5.41) is 7.87. The molecule has 0 aromatic heterocycles. The summed E-state index contributed by atoms with van der Waals surface area (Å²) in [6.45, 7) is 14.7. The van der Waals surface area contributed by atoms with Crippen LogP contribution < -0.4 is 10.6 Å². The van der Waals surface area contributed by atoms with Gasteiger partial charge in [0.2, 0.25) is 0 Å². The van der Waals surface area contributed by atoms with Crippen LogP contribution in [0.1, 0.15) is 40.0 Å². The molecule has 0 unspecified atom stereocenters. The van der Waals surface area contributed by atoms with E-state index in [-0.39, 0.29) is 0 Å². The Balaban J connectivity index is 2.70. The van der Waals surface area contributed by atoms with Crippen LogP contribution in [0.2, 0.25) is 18.1 Å². The van der Waals surface area contributed by atoms with Gasteiger partial charge >= 0.3 is 0 Å². The average molecular weight is 228 g/mol. The molecule has 3 heteroatoms. The largest absolute Gasteiger partial charge is 0.305 e. The first-order chi connectivity index (χ1) is 6.92. The maximum absolute atomic E-state index is 3.67. The molecule has 1 heterocycles. The van der Waals surface area contributed by atoms with Crippen LogP contribution in [0.25, 0.3) is 0 Å². The molecule has 0 radical (unpaired) electrons. The van der Waals surface area contributed by atoms with Crippen LogP contribution in [-0.4, -0.2) is 27.0 Å². The quantitative estimate of drug-likeness (QED) is 0.723. The normalized spacial score (nSPS) is 20.6. The highest BCUT2D eigenvalue weighted by Gasteiger charge is 2.44. The van der Waals surface area contributed by atoms with E-state index in [0.29, 0.717) is 10.8 Å². The first-order valence-corrected chi connectivity index (χ1v) is 9.46. The summed E-state index contributed by atoms with van der Waals surface area (Å²) in [7, 11) is -1.27. The highest BCUT2D eigenvalue weighted by molar-refractivity contribution is 6.81. The first-order valence-electron chi connectivity index (χ1n) is 6.38. The third-order valence-electron chi connectivity index (χ3n) is 4.39. The molecule has 1 saturated heterocycles. The molecule has 1 rings (SSSR count). The number of nitrogens with one attached hydrogen (secondary N) is 2. The van der Waals surface area contributed by atoms with Gasteiger partial charge in [0.1, 0.15) is 0 Å². The lowest BCUT2D eigenvalue weighted by Gasteiger charge is -2.47. The maximum Gasteiger partial charge on any atom is 0.0901 e. The lowest BCUT2D eigenvalue weighted by molar-refractivity contribution is 0.423. The second kappa shape index (κ2) is 4.98. The summed E-state index contributed by atoms with van der Waals surface area (Å²) < 4.78 is 0. The summed E-state index contributed by atoms with van der Waals surface area (Å²) in [5.74, 6) is 0.604. The van der Waals surface area contributed by atoms with Crippen LogP contribution in [0, 0.1) is 0 Å². The zero-order valence-corrected chi connectivity index (χ0v) is 12.1. The highest BCUT2D eigenvalue weighted by atomic mass is 28.3. The van der Waals surface area contributed by atoms with E-state index in [1.54, 1.807) is 0 Å². The second-order valence-electron chi connectivity index (χ2n) is 6.05. The standard InChI is InChI=1S/C12H28N2Si/c1-6-8-12(2,3)15(4,5)11-13-9-7-10-14-11/h11,13-14H,6-10H2,1-5H3. The third kappa shape index (κ3) is 2.83. The molecule has 15 heavy (non-hydrogen) atoms. The summed E-state index contributed by atoms with van der Waals surface area (Å²) in [6.07, 6.45) is 3.93. The fourth-order valence-corrected chi connectivity index (χ4v) is 5.49. The second-order valence-corrected chi connectivity index (χ2v) is 11.4. The van der Waals surface area contributed by atoms with Gasteiger partial charge in [0.15, 0.2) is 0 Å². The van der Waals surface area contributed by atoms with Crippen molar-refractivity contribution in [3.05, 3.63) is 0 Å². The number of rotatable bonds is 4. The van der Waals surface area contributed by atoms with Crippen LogP contribution >= 0.6 is 0 Å².